The van der Waals surface area contributed by atoms with Gasteiger partial charge >= 0.3 is 0 Å². The van der Waals surface area contributed by atoms with Crippen molar-refractivity contribution in [3.63, 3.8) is 0 Å². The quantitative estimate of drug-likeness (QED) is 0.883. The van der Waals surface area contributed by atoms with E-state index < -0.39 is 0 Å². The van der Waals surface area contributed by atoms with E-state index in [1.165, 1.54) is 6.07 Å². The van der Waals surface area contributed by atoms with Crippen molar-refractivity contribution < 1.29 is 4.39 Å². The number of rotatable bonds is 3. The van der Waals surface area contributed by atoms with Gasteiger partial charge < -0.3 is 16.0 Å². The highest BCUT2D eigenvalue weighted by Crippen LogP contribution is 2.23. The summed E-state index contributed by atoms with van der Waals surface area (Å²) in [4.78, 5) is 14.7. The van der Waals surface area contributed by atoms with Gasteiger partial charge in [0.1, 0.15) is 5.82 Å². The fourth-order valence-electron chi connectivity index (χ4n) is 2.20. The van der Waals surface area contributed by atoms with Crippen LogP contribution in [0.5, 0.6) is 0 Å². The van der Waals surface area contributed by atoms with Crippen molar-refractivity contribution in [2.75, 3.05) is 29.0 Å². The van der Waals surface area contributed by atoms with Gasteiger partial charge in [0.25, 0.3) is 0 Å². The van der Waals surface area contributed by atoms with E-state index >= 15 is 0 Å². The summed E-state index contributed by atoms with van der Waals surface area (Å²) in [5, 5.41) is 3.01. The molecule has 0 radical (unpaired) electrons. The Labute approximate surface area is 129 Å². The van der Waals surface area contributed by atoms with Gasteiger partial charge in [-0.25, -0.2) is 4.39 Å². The Morgan fingerprint density at radius 3 is 2.67 bits per heavy atom. The predicted octanol–water partition coefficient (Wildman–Crippen LogP) is 2.70. The number of anilines is 4. The van der Waals surface area contributed by atoms with E-state index in [2.05, 4.69) is 41.1 Å². The lowest BCUT2D eigenvalue weighted by molar-refractivity contribution is 0.621. The molecule has 0 bridgehead atoms. The van der Waals surface area contributed by atoms with Crippen LogP contribution < -0.4 is 16.0 Å². The zero-order chi connectivity index (χ0) is 14.8. The van der Waals surface area contributed by atoms with Crippen LogP contribution in [0.4, 0.5) is 27.9 Å². The normalized spacial score (nSPS) is 14.5. The molecule has 1 saturated heterocycles. The van der Waals surface area contributed by atoms with E-state index in [4.69, 9.17) is 5.73 Å². The van der Waals surface area contributed by atoms with E-state index in [-0.39, 0.29) is 11.8 Å². The van der Waals surface area contributed by atoms with Crippen LogP contribution in [0.1, 0.15) is 12.8 Å². The number of nitrogen functional groups attached to an aromatic ring is 1. The third-order valence-electron chi connectivity index (χ3n) is 3.21. The molecule has 0 unspecified atom stereocenters. The Bertz CT molecular complexity index is 659. The summed E-state index contributed by atoms with van der Waals surface area (Å²) < 4.78 is 13.6. The van der Waals surface area contributed by atoms with E-state index in [1.807, 2.05) is 0 Å². The summed E-state index contributed by atoms with van der Waals surface area (Å²) in [6.07, 6.45) is 2.25. The molecule has 0 atom stereocenters. The molecular formula is C13H14BrFN6. The number of aromatic nitrogens is 3. The zero-order valence-electron chi connectivity index (χ0n) is 11.2. The lowest BCUT2D eigenvalue weighted by Crippen LogP contribution is -2.21. The smallest absolute Gasteiger partial charge is 0.233 e. The molecule has 3 N–H and O–H groups in total. The highest BCUT2D eigenvalue weighted by Gasteiger charge is 2.16. The predicted molar refractivity (Wildman–Crippen MR) is 83.1 cm³/mol. The average molecular weight is 353 g/mol. The first kappa shape index (κ1) is 14.0. The highest BCUT2D eigenvalue weighted by molar-refractivity contribution is 9.10. The van der Waals surface area contributed by atoms with Crippen molar-refractivity contribution in [2.24, 2.45) is 0 Å². The summed E-state index contributed by atoms with van der Waals surface area (Å²) in [7, 11) is 0. The number of benzene rings is 1. The second kappa shape index (κ2) is 5.80. The third-order valence-corrected chi connectivity index (χ3v) is 3.81. The van der Waals surface area contributed by atoms with Crippen LogP contribution in [0.3, 0.4) is 0 Å². The minimum atomic E-state index is -0.325. The molecule has 21 heavy (non-hydrogen) atoms. The number of hydrogen-bond donors (Lipinski definition) is 2. The maximum Gasteiger partial charge on any atom is 0.233 e. The largest absolute Gasteiger partial charge is 0.368 e. The van der Waals surface area contributed by atoms with E-state index in [1.54, 1.807) is 12.1 Å². The molecule has 0 aliphatic carbocycles. The minimum Gasteiger partial charge on any atom is -0.368 e. The Morgan fingerprint density at radius 1 is 1.19 bits per heavy atom. The second-order valence-electron chi connectivity index (χ2n) is 4.77. The number of halogens is 2. The topological polar surface area (TPSA) is 80.0 Å². The van der Waals surface area contributed by atoms with Crippen molar-refractivity contribution in [2.45, 2.75) is 12.8 Å². The molecule has 1 fully saturated rings. The average Bonchev–Trinajstić information content (AvgIpc) is 2.96. The zero-order valence-corrected chi connectivity index (χ0v) is 12.8. The molecule has 0 saturated carbocycles. The first-order valence-corrected chi connectivity index (χ1v) is 7.40. The lowest BCUT2D eigenvalue weighted by Gasteiger charge is -2.16. The molecule has 3 rings (SSSR count). The third kappa shape index (κ3) is 3.21. The number of nitrogens with two attached hydrogens (primary N) is 1. The van der Waals surface area contributed by atoms with Gasteiger partial charge in [-0.2, -0.15) is 15.0 Å². The Hall–Kier alpha value is -1.96. The monoisotopic (exact) mass is 352 g/mol. The van der Waals surface area contributed by atoms with Gasteiger partial charge in [0.2, 0.25) is 17.8 Å². The fraction of sp³-hybridized carbons (Fsp3) is 0.308. The molecule has 0 amide bonds. The van der Waals surface area contributed by atoms with Crippen molar-refractivity contribution in [3.8, 4) is 0 Å². The summed E-state index contributed by atoms with van der Waals surface area (Å²) in [6, 6.07) is 4.58. The van der Waals surface area contributed by atoms with Crippen LogP contribution >= 0.6 is 15.9 Å². The molecule has 2 aromatic rings. The molecule has 1 aromatic carbocycles. The van der Waals surface area contributed by atoms with Gasteiger partial charge in [0.15, 0.2) is 0 Å². The summed E-state index contributed by atoms with van der Waals surface area (Å²) in [5.74, 6) is 0.760. The Morgan fingerprint density at radius 2 is 1.95 bits per heavy atom. The lowest BCUT2D eigenvalue weighted by atomic mass is 10.3. The summed E-state index contributed by atoms with van der Waals surface area (Å²) >= 11 is 3.14. The van der Waals surface area contributed by atoms with E-state index in [0.717, 1.165) is 25.9 Å². The first-order chi connectivity index (χ1) is 10.1. The Balaban J connectivity index is 1.85. The van der Waals surface area contributed by atoms with Crippen LogP contribution in [-0.4, -0.2) is 28.0 Å². The summed E-state index contributed by atoms with van der Waals surface area (Å²) in [6.45, 7) is 1.84. The van der Waals surface area contributed by atoms with E-state index in [9.17, 15) is 4.39 Å². The molecule has 1 aliphatic rings. The minimum absolute atomic E-state index is 0.163. The molecule has 110 valence electrons. The fourth-order valence-corrected chi connectivity index (χ4v) is 2.58. The van der Waals surface area contributed by atoms with Crippen LogP contribution in [0, 0.1) is 5.82 Å². The number of nitrogens with zero attached hydrogens (tertiary/aromatic N) is 4. The maximum atomic E-state index is 13.2. The standard InChI is InChI=1S/C13H14BrFN6/c14-9-7-8(3-4-10(9)15)17-12-18-11(16)19-13(20-12)21-5-1-2-6-21/h3-4,7H,1-2,5-6H2,(H3,16,17,18,19,20). The molecule has 1 aromatic heterocycles. The van der Waals surface area contributed by atoms with Crippen LogP contribution in [0.15, 0.2) is 22.7 Å². The van der Waals surface area contributed by atoms with Crippen molar-refractivity contribution in [3.05, 3.63) is 28.5 Å². The van der Waals surface area contributed by atoms with Crippen LogP contribution in [0.25, 0.3) is 0 Å². The second-order valence-corrected chi connectivity index (χ2v) is 5.62. The van der Waals surface area contributed by atoms with Gasteiger partial charge in [-0.15, -0.1) is 0 Å². The van der Waals surface area contributed by atoms with Gasteiger partial charge in [-0.1, -0.05) is 0 Å². The first-order valence-electron chi connectivity index (χ1n) is 6.60. The highest BCUT2D eigenvalue weighted by atomic mass is 79.9. The molecule has 8 heteroatoms. The van der Waals surface area contributed by atoms with Gasteiger partial charge in [0, 0.05) is 18.8 Å². The molecular weight excluding hydrogens is 339 g/mol. The molecule has 0 spiro atoms. The van der Waals surface area contributed by atoms with Crippen molar-refractivity contribution in [1.82, 2.24) is 15.0 Å². The molecule has 2 heterocycles. The van der Waals surface area contributed by atoms with Crippen LogP contribution in [-0.2, 0) is 0 Å². The van der Waals surface area contributed by atoms with Gasteiger partial charge in [-0.3, -0.25) is 0 Å². The van der Waals surface area contributed by atoms with Gasteiger partial charge in [-0.05, 0) is 47.0 Å². The van der Waals surface area contributed by atoms with E-state index in [0.29, 0.717) is 22.1 Å². The van der Waals surface area contributed by atoms with Crippen molar-refractivity contribution in [1.29, 1.82) is 0 Å². The summed E-state index contributed by atoms with van der Waals surface area (Å²) in [5.41, 5.74) is 6.40. The van der Waals surface area contributed by atoms with Gasteiger partial charge in [0.05, 0.1) is 4.47 Å². The number of hydrogen-bond acceptors (Lipinski definition) is 6. The molecule has 1 aliphatic heterocycles. The SMILES string of the molecule is Nc1nc(Nc2ccc(F)c(Br)c2)nc(N2CCCC2)n1. The molecule has 6 nitrogen and oxygen atoms in total. The Kier molecular flexibility index (Phi) is 3.87. The van der Waals surface area contributed by atoms with Crippen molar-refractivity contribution >= 4 is 39.5 Å². The van der Waals surface area contributed by atoms with Crippen LogP contribution in [0.2, 0.25) is 0 Å². The maximum absolute atomic E-state index is 13.2. The number of nitrogens with one attached hydrogen (secondary N) is 1.